The molecule has 1 aliphatic rings. The van der Waals surface area contributed by atoms with Crippen molar-refractivity contribution >= 4 is 5.96 Å². The van der Waals surface area contributed by atoms with Gasteiger partial charge in [0.05, 0.1) is 12.6 Å². The van der Waals surface area contributed by atoms with Crippen molar-refractivity contribution in [2.75, 3.05) is 26.2 Å². The number of guanidine groups is 1. The quantitative estimate of drug-likeness (QED) is 0.664. The molecule has 1 aromatic carbocycles. The van der Waals surface area contributed by atoms with Crippen LogP contribution in [0, 0.1) is 12.8 Å². The number of aryl methyl sites for hydroxylation is 1. The van der Waals surface area contributed by atoms with Crippen LogP contribution >= 0.6 is 0 Å². The van der Waals surface area contributed by atoms with Crippen LogP contribution in [0.25, 0.3) is 0 Å². The molecule has 1 saturated heterocycles. The summed E-state index contributed by atoms with van der Waals surface area (Å²) in [5, 5.41) is 13.7. The summed E-state index contributed by atoms with van der Waals surface area (Å²) in [6.07, 6.45) is 1.88. The van der Waals surface area contributed by atoms with Crippen LogP contribution in [0.1, 0.15) is 43.9 Å². The van der Waals surface area contributed by atoms with Crippen molar-refractivity contribution in [3.8, 4) is 0 Å². The zero-order chi connectivity index (χ0) is 15.9. The van der Waals surface area contributed by atoms with Gasteiger partial charge in [-0.05, 0) is 38.2 Å². The molecular weight excluding hydrogens is 274 g/mol. The van der Waals surface area contributed by atoms with Crippen molar-refractivity contribution in [1.82, 2.24) is 10.2 Å². The highest BCUT2D eigenvalue weighted by Gasteiger charge is 2.18. The molecule has 1 aliphatic heterocycles. The van der Waals surface area contributed by atoms with E-state index >= 15 is 0 Å². The molecule has 0 amide bonds. The van der Waals surface area contributed by atoms with E-state index in [-0.39, 0.29) is 0 Å². The summed E-state index contributed by atoms with van der Waals surface area (Å²) in [6, 6.07) is 8.01. The van der Waals surface area contributed by atoms with Crippen molar-refractivity contribution in [1.29, 1.82) is 0 Å². The number of nitrogens with zero attached hydrogens (tertiary/aromatic N) is 2. The number of likely N-dealkylation sites (tertiary alicyclic amines) is 1. The van der Waals surface area contributed by atoms with Gasteiger partial charge in [-0.3, -0.25) is 4.99 Å². The fourth-order valence-electron chi connectivity index (χ4n) is 2.71. The van der Waals surface area contributed by atoms with Crippen molar-refractivity contribution in [2.45, 2.75) is 39.7 Å². The van der Waals surface area contributed by atoms with Gasteiger partial charge in [-0.1, -0.05) is 36.8 Å². The lowest BCUT2D eigenvalue weighted by Gasteiger charge is -2.33. The molecule has 0 aliphatic carbocycles. The Morgan fingerprint density at radius 2 is 1.95 bits per heavy atom. The van der Waals surface area contributed by atoms with Gasteiger partial charge < -0.3 is 15.3 Å². The second kappa shape index (κ2) is 8.18. The molecule has 122 valence electrons. The minimum absolute atomic E-state index is 0.400. The first kappa shape index (κ1) is 16.8. The van der Waals surface area contributed by atoms with Crippen LogP contribution in [-0.4, -0.2) is 42.1 Å². The van der Waals surface area contributed by atoms with Crippen molar-refractivity contribution < 1.29 is 5.11 Å². The minimum Gasteiger partial charge on any atom is -0.386 e. The Morgan fingerprint density at radius 3 is 2.55 bits per heavy atom. The number of hydrogen-bond donors (Lipinski definition) is 2. The number of aliphatic imine (C=N–C) groups is 1. The molecule has 0 saturated carbocycles. The lowest BCUT2D eigenvalue weighted by Crippen LogP contribution is -2.45. The second-order valence-electron chi connectivity index (χ2n) is 6.29. The third kappa shape index (κ3) is 4.73. The average Bonchev–Trinajstić information content (AvgIpc) is 2.53. The van der Waals surface area contributed by atoms with Crippen molar-refractivity contribution in [3.05, 3.63) is 35.4 Å². The molecule has 1 aromatic rings. The fraction of sp³-hybridized carbons (Fsp3) is 0.611. The molecule has 0 bridgehead atoms. The number of nitrogens with one attached hydrogen (secondary N) is 1. The molecule has 2 N–H and O–H groups in total. The standard InChI is InChI=1S/C18H29N3O/c1-4-19-18(21-11-9-15(3)10-12-21)20-13-17(22)16-7-5-14(2)6-8-16/h5-8,15,17,22H,4,9-13H2,1-3H3,(H,19,20). The number of hydrogen-bond acceptors (Lipinski definition) is 2. The number of benzene rings is 1. The molecule has 0 spiro atoms. The molecule has 1 heterocycles. The third-order valence-corrected chi connectivity index (χ3v) is 4.29. The predicted octanol–water partition coefficient (Wildman–Crippen LogP) is 2.73. The normalized spacial score (nSPS) is 18.4. The average molecular weight is 303 g/mol. The number of aliphatic hydroxyl groups is 1. The number of aliphatic hydroxyl groups excluding tert-OH is 1. The van der Waals surface area contributed by atoms with Gasteiger partial charge in [0.15, 0.2) is 5.96 Å². The van der Waals surface area contributed by atoms with E-state index in [9.17, 15) is 5.11 Å². The van der Waals surface area contributed by atoms with Gasteiger partial charge in [0.25, 0.3) is 0 Å². The van der Waals surface area contributed by atoms with E-state index in [4.69, 9.17) is 0 Å². The summed E-state index contributed by atoms with van der Waals surface area (Å²) in [5.41, 5.74) is 2.13. The smallest absolute Gasteiger partial charge is 0.194 e. The van der Waals surface area contributed by atoms with Crippen LogP contribution < -0.4 is 5.32 Å². The molecule has 0 radical (unpaired) electrons. The Balaban J connectivity index is 1.98. The molecule has 1 atom stereocenters. The summed E-state index contributed by atoms with van der Waals surface area (Å²) in [5.74, 6) is 1.73. The highest BCUT2D eigenvalue weighted by molar-refractivity contribution is 5.80. The Hall–Kier alpha value is -1.55. The van der Waals surface area contributed by atoms with Gasteiger partial charge in [0.1, 0.15) is 0 Å². The molecule has 4 nitrogen and oxygen atoms in total. The van der Waals surface area contributed by atoms with Crippen LogP contribution in [0.15, 0.2) is 29.3 Å². The Morgan fingerprint density at radius 1 is 1.32 bits per heavy atom. The fourth-order valence-corrected chi connectivity index (χ4v) is 2.71. The topological polar surface area (TPSA) is 47.9 Å². The summed E-state index contributed by atoms with van der Waals surface area (Å²) in [6.45, 7) is 9.79. The summed E-state index contributed by atoms with van der Waals surface area (Å²) in [4.78, 5) is 6.95. The molecule has 1 fully saturated rings. The zero-order valence-electron chi connectivity index (χ0n) is 14.0. The first-order chi connectivity index (χ1) is 10.6. The maximum atomic E-state index is 10.3. The lowest BCUT2D eigenvalue weighted by molar-refractivity contribution is 0.186. The summed E-state index contributed by atoms with van der Waals surface area (Å²) < 4.78 is 0. The van der Waals surface area contributed by atoms with E-state index < -0.39 is 6.10 Å². The molecule has 2 rings (SSSR count). The monoisotopic (exact) mass is 303 g/mol. The zero-order valence-corrected chi connectivity index (χ0v) is 14.0. The summed E-state index contributed by atoms with van der Waals surface area (Å²) in [7, 11) is 0. The van der Waals surface area contributed by atoms with Gasteiger partial charge >= 0.3 is 0 Å². The van der Waals surface area contributed by atoms with Gasteiger partial charge in [-0.25, -0.2) is 0 Å². The molecular formula is C18H29N3O. The van der Waals surface area contributed by atoms with Crippen LogP contribution in [0.3, 0.4) is 0 Å². The molecule has 1 unspecified atom stereocenters. The lowest BCUT2D eigenvalue weighted by atomic mass is 9.99. The van der Waals surface area contributed by atoms with E-state index in [0.29, 0.717) is 6.54 Å². The van der Waals surface area contributed by atoms with E-state index in [1.54, 1.807) is 0 Å². The van der Waals surface area contributed by atoms with Crippen molar-refractivity contribution in [2.24, 2.45) is 10.9 Å². The van der Waals surface area contributed by atoms with Gasteiger partial charge in [0, 0.05) is 19.6 Å². The molecule has 22 heavy (non-hydrogen) atoms. The number of piperidine rings is 1. The van der Waals surface area contributed by atoms with Gasteiger partial charge in [0.2, 0.25) is 0 Å². The maximum absolute atomic E-state index is 10.3. The largest absolute Gasteiger partial charge is 0.386 e. The summed E-state index contributed by atoms with van der Waals surface area (Å²) >= 11 is 0. The van der Waals surface area contributed by atoms with E-state index in [1.807, 2.05) is 24.3 Å². The highest BCUT2D eigenvalue weighted by Crippen LogP contribution is 2.17. The maximum Gasteiger partial charge on any atom is 0.194 e. The predicted molar refractivity (Wildman–Crippen MR) is 92.1 cm³/mol. The van der Waals surface area contributed by atoms with E-state index in [1.165, 1.54) is 18.4 Å². The Labute approximate surface area is 134 Å². The van der Waals surface area contributed by atoms with E-state index in [0.717, 1.165) is 37.1 Å². The van der Waals surface area contributed by atoms with Crippen molar-refractivity contribution in [3.63, 3.8) is 0 Å². The van der Waals surface area contributed by atoms with Gasteiger partial charge in [-0.2, -0.15) is 0 Å². The molecule has 4 heteroatoms. The highest BCUT2D eigenvalue weighted by atomic mass is 16.3. The second-order valence-corrected chi connectivity index (χ2v) is 6.29. The van der Waals surface area contributed by atoms with Gasteiger partial charge in [-0.15, -0.1) is 0 Å². The third-order valence-electron chi connectivity index (χ3n) is 4.29. The first-order valence-corrected chi connectivity index (χ1v) is 8.38. The first-order valence-electron chi connectivity index (χ1n) is 8.38. The van der Waals surface area contributed by atoms with Crippen LogP contribution in [0.4, 0.5) is 0 Å². The van der Waals surface area contributed by atoms with Crippen LogP contribution in [0.5, 0.6) is 0 Å². The Kier molecular flexibility index (Phi) is 6.25. The Bertz CT molecular complexity index is 476. The number of rotatable bonds is 4. The minimum atomic E-state index is -0.544. The molecule has 0 aromatic heterocycles. The van der Waals surface area contributed by atoms with Crippen LogP contribution in [0.2, 0.25) is 0 Å². The van der Waals surface area contributed by atoms with E-state index in [2.05, 4.69) is 36.0 Å². The SMILES string of the molecule is CCNC(=NCC(O)c1ccc(C)cc1)N1CCC(C)CC1. The van der Waals surface area contributed by atoms with Crippen LogP contribution in [-0.2, 0) is 0 Å².